The first-order valence-electron chi connectivity index (χ1n) is 6.03. The van der Waals surface area contributed by atoms with E-state index in [9.17, 15) is 10.1 Å². The highest BCUT2D eigenvalue weighted by atomic mass is 35.5. The van der Waals surface area contributed by atoms with Crippen LogP contribution >= 0.6 is 11.6 Å². The second-order valence-electron chi connectivity index (χ2n) is 4.72. The van der Waals surface area contributed by atoms with Gasteiger partial charge in [0.05, 0.1) is 4.92 Å². The second kappa shape index (κ2) is 5.50. The van der Waals surface area contributed by atoms with E-state index in [1.807, 2.05) is 6.07 Å². The third-order valence-electron chi connectivity index (χ3n) is 3.44. The Labute approximate surface area is 106 Å². The lowest BCUT2D eigenvalue weighted by Crippen LogP contribution is -2.17. The zero-order chi connectivity index (χ0) is 12.3. The lowest BCUT2D eigenvalue weighted by Gasteiger charge is -2.27. The van der Waals surface area contributed by atoms with E-state index in [4.69, 9.17) is 11.6 Å². The van der Waals surface area contributed by atoms with E-state index in [-0.39, 0.29) is 16.0 Å². The topological polar surface area (TPSA) is 43.1 Å². The van der Waals surface area contributed by atoms with E-state index < -0.39 is 0 Å². The van der Waals surface area contributed by atoms with Crippen molar-refractivity contribution in [2.24, 2.45) is 5.92 Å². The fourth-order valence-electron chi connectivity index (χ4n) is 2.27. The molecule has 2 rings (SSSR count). The maximum absolute atomic E-state index is 10.9. The van der Waals surface area contributed by atoms with Crippen molar-refractivity contribution in [1.82, 2.24) is 0 Å². The molecule has 0 aliphatic heterocycles. The van der Waals surface area contributed by atoms with Crippen LogP contribution in [0.15, 0.2) is 24.3 Å². The van der Waals surface area contributed by atoms with Crippen molar-refractivity contribution in [3.63, 3.8) is 0 Å². The predicted molar refractivity (Wildman–Crippen MR) is 68.4 cm³/mol. The van der Waals surface area contributed by atoms with Crippen molar-refractivity contribution >= 4 is 17.3 Å². The molecule has 1 aliphatic carbocycles. The van der Waals surface area contributed by atoms with Gasteiger partial charge in [-0.15, -0.1) is 11.6 Å². The Morgan fingerprint density at radius 2 is 2.12 bits per heavy atom. The third-order valence-corrected chi connectivity index (χ3v) is 3.78. The van der Waals surface area contributed by atoms with Crippen molar-refractivity contribution in [3.05, 3.63) is 39.9 Å². The summed E-state index contributed by atoms with van der Waals surface area (Å²) in [5, 5.41) is 10.9. The largest absolute Gasteiger partial charge is 0.272 e. The Morgan fingerprint density at radius 1 is 1.41 bits per heavy atom. The first-order chi connectivity index (χ1) is 8.16. The number of hydrogen-bond acceptors (Lipinski definition) is 2. The molecule has 0 saturated heterocycles. The van der Waals surface area contributed by atoms with Crippen LogP contribution in [0.2, 0.25) is 0 Å². The minimum Gasteiger partial charge on any atom is -0.258 e. The molecule has 17 heavy (non-hydrogen) atoms. The summed E-state index contributed by atoms with van der Waals surface area (Å²) in [5.74, 6) is 0.736. The zero-order valence-electron chi connectivity index (χ0n) is 9.64. The summed E-state index contributed by atoms with van der Waals surface area (Å²) in [6, 6.07) is 6.86. The summed E-state index contributed by atoms with van der Waals surface area (Å²) in [5.41, 5.74) is 0.934. The molecule has 0 N–H and O–H groups in total. The number of rotatable bonds is 5. The standard InChI is InChI=1S/C13H16ClNO2/c14-12(8-10-4-3-5-10)9-11-6-1-2-7-13(11)15(16)17/h1-2,6-7,10,12H,3-5,8-9H2. The van der Waals surface area contributed by atoms with Crippen LogP contribution in [0, 0.1) is 16.0 Å². The lowest BCUT2D eigenvalue weighted by atomic mass is 9.81. The average Bonchev–Trinajstić information content (AvgIpc) is 2.24. The lowest BCUT2D eigenvalue weighted by molar-refractivity contribution is -0.385. The van der Waals surface area contributed by atoms with Crippen molar-refractivity contribution in [1.29, 1.82) is 0 Å². The summed E-state index contributed by atoms with van der Waals surface area (Å²) < 4.78 is 0. The number of benzene rings is 1. The highest BCUT2D eigenvalue weighted by molar-refractivity contribution is 6.20. The van der Waals surface area contributed by atoms with Crippen molar-refractivity contribution < 1.29 is 4.92 Å². The molecule has 1 fully saturated rings. The molecular formula is C13H16ClNO2. The molecule has 0 heterocycles. The molecule has 0 bridgehead atoms. The normalized spacial score (nSPS) is 17.5. The predicted octanol–water partition coefficient (Wildman–Crippen LogP) is 3.93. The Bertz CT molecular complexity index is 404. The minimum absolute atomic E-state index is 0.0152. The minimum atomic E-state index is -0.331. The summed E-state index contributed by atoms with van der Waals surface area (Å²) in [6.45, 7) is 0. The van der Waals surface area contributed by atoms with Crippen LogP contribution in [-0.2, 0) is 6.42 Å². The molecule has 1 aliphatic rings. The monoisotopic (exact) mass is 253 g/mol. The molecule has 4 heteroatoms. The molecule has 1 unspecified atom stereocenters. The quantitative estimate of drug-likeness (QED) is 0.453. The molecule has 1 atom stereocenters. The van der Waals surface area contributed by atoms with E-state index in [0.29, 0.717) is 6.42 Å². The molecule has 3 nitrogen and oxygen atoms in total. The van der Waals surface area contributed by atoms with Crippen LogP contribution in [0.5, 0.6) is 0 Å². The molecule has 92 valence electrons. The molecular weight excluding hydrogens is 238 g/mol. The SMILES string of the molecule is O=[N+]([O-])c1ccccc1CC(Cl)CC1CCC1. The molecule has 0 spiro atoms. The van der Waals surface area contributed by atoms with Gasteiger partial charge in [-0.05, 0) is 18.8 Å². The van der Waals surface area contributed by atoms with Crippen LogP contribution in [0.3, 0.4) is 0 Å². The summed E-state index contributed by atoms with van der Waals surface area (Å²) >= 11 is 6.28. The number of nitro benzene ring substituents is 1. The van der Waals surface area contributed by atoms with Gasteiger partial charge in [-0.1, -0.05) is 37.5 Å². The number of alkyl halides is 1. The molecule has 1 aromatic carbocycles. The fourth-order valence-corrected chi connectivity index (χ4v) is 2.69. The first-order valence-corrected chi connectivity index (χ1v) is 6.47. The third kappa shape index (κ3) is 3.19. The Morgan fingerprint density at radius 3 is 2.71 bits per heavy atom. The summed E-state index contributed by atoms with van der Waals surface area (Å²) in [7, 11) is 0. The molecule has 1 saturated carbocycles. The average molecular weight is 254 g/mol. The highest BCUT2D eigenvalue weighted by Crippen LogP contribution is 2.33. The van der Waals surface area contributed by atoms with Gasteiger partial charge in [-0.2, -0.15) is 0 Å². The van der Waals surface area contributed by atoms with Crippen LogP contribution in [0.4, 0.5) is 5.69 Å². The Kier molecular flexibility index (Phi) is 4.00. The summed E-state index contributed by atoms with van der Waals surface area (Å²) in [6.07, 6.45) is 5.41. The van der Waals surface area contributed by atoms with E-state index in [2.05, 4.69) is 0 Å². The second-order valence-corrected chi connectivity index (χ2v) is 5.34. The van der Waals surface area contributed by atoms with Gasteiger partial charge in [0.15, 0.2) is 0 Å². The smallest absolute Gasteiger partial charge is 0.258 e. The zero-order valence-corrected chi connectivity index (χ0v) is 10.4. The van der Waals surface area contributed by atoms with Gasteiger partial charge in [0, 0.05) is 17.0 Å². The number of hydrogen-bond donors (Lipinski definition) is 0. The van der Waals surface area contributed by atoms with Gasteiger partial charge in [0.25, 0.3) is 5.69 Å². The molecule has 1 aromatic rings. The Hall–Kier alpha value is -1.09. The van der Waals surface area contributed by atoms with Crippen molar-refractivity contribution in [2.75, 3.05) is 0 Å². The molecule has 0 aromatic heterocycles. The van der Waals surface area contributed by atoms with Crippen LogP contribution < -0.4 is 0 Å². The van der Waals surface area contributed by atoms with E-state index >= 15 is 0 Å². The fraction of sp³-hybridized carbons (Fsp3) is 0.538. The van der Waals surface area contributed by atoms with Gasteiger partial charge >= 0.3 is 0 Å². The number of halogens is 1. The van der Waals surface area contributed by atoms with E-state index in [1.165, 1.54) is 19.3 Å². The number of nitrogens with zero attached hydrogens (tertiary/aromatic N) is 1. The maximum Gasteiger partial charge on any atom is 0.272 e. The molecule has 0 radical (unpaired) electrons. The maximum atomic E-state index is 10.9. The number of nitro groups is 1. The van der Waals surface area contributed by atoms with Crippen LogP contribution in [-0.4, -0.2) is 10.3 Å². The highest BCUT2D eigenvalue weighted by Gasteiger charge is 2.23. The Balaban J connectivity index is 1.99. The van der Waals surface area contributed by atoms with Crippen molar-refractivity contribution in [3.8, 4) is 0 Å². The van der Waals surface area contributed by atoms with Gasteiger partial charge in [-0.25, -0.2) is 0 Å². The van der Waals surface area contributed by atoms with Gasteiger partial charge < -0.3 is 0 Å². The number of para-hydroxylation sites is 1. The first kappa shape index (κ1) is 12.4. The van der Waals surface area contributed by atoms with Gasteiger partial charge in [-0.3, -0.25) is 10.1 Å². The van der Waals surface area contributed by atoms with Crippen molar-refractivity contribution in [2.45, 2.75) is 37.5 Å². The van der Waals surface area contributed by atoms with E-state index in [1.54, 1.807) is 18.2 Å². The van der Waals surface area contributed by atoms with Gasteiger partial charge in [0.2, 0.25) is 0 Å². The van der Waals surface area contributed by atoms with Crippen LogP contribution in [0.25, 0.3) is 0 Å². The van der Waals surface area contributed by atoms with Gasteiger partial charge in [0.1, 0.15) is 0 Å². The van der Waals surface area contributed by atoms with Crippen LogP contribution in [0.1, 0.15) is 31.2 Å². The summed E-state index contributed by atoms with van der Waals surface area (Å²) in [4.78, 5) is 10.5. The van der Waals surface area contributed by atoms with E-state index in [0.717, 1.165) is 17.9 Å². The molecule has 0 amide bonds.